The first-order valence-electron chi connectivity index (χ1n) is 5.70. The average Bonchev–Trinajstić information content (AvgIpc) is 2.19. The van der Waals surface area contributed by atoms with Crippen LogP contribution in [0.5, 0.6) is 0 Å². The van der Waals surface area contributed by atoms with Gasteiger partial charge in [-0.05, 0) is 26.4 Å². The van der Waals surface area contributed by atoms with Crippen LogP contribution in [0.2, 0.25) is 0 Å². The first-order valence-corrected chi connectivity index (χ1v) is 7.31. The zero-order chi connectivity index (χ0) is 11.7. The van der Waals surface area contributed by atoms with Crippen LogP contribution in [0.4, 0.5) is 0 Å². The highest BCUT2D eigenvalue weighted by Crippen LogP contribution is 2.05. The Hall–Kier alpha value is -0.130. The quantitative estimate of drug-likeness (QED) is 0.609. The Bertz CT molecular complexity index is 240. The standard InChI is InChI=1S/C10H24N2O2S/c1-4-6-9-12(5-2)15(13,14)10-7-8-11-3/h11H,4-10H2,1-3H3. The summed E-state index contributed by atoms with van der Waals surface area (Å²) < 4.78 is 25.3. The first kappa shape index (κ1) is 14.9. The largest absolute Gasteiger partial charge is 0.320 e. The van der Waals surface area contributed by atoms with E-state index in [1.165, 1.54) is 0 Å². The van der Waals surface area contributed by atoms with E-state index in [0.717, 1.165) is 19.4 Å². The number of rotatable bonds is 9. The van der Waals surface area contributed by atoms with Crippen LogP contribution >= 0.6 is 0 Å². The van der Waals surface area contributed by atoms with Crippen LogP contribution in [0.3, 0.4) is 0 Å². The van der Waals surface area contributed by atoms with Gasteiger partial charge in [0.05, 0.1) is 5.75 Å². The van der Waals surface area contributed by atoms with Crippen LogP contribution in [0.15, 0.2) is 0 Å². The summed E-state index contributed by atoms with van der Waals surface area (Å²) in [7, 11) is -1.19. The normalized spacial score (nSPS) is 12.3. The summed E-state index contributed by atoms with van der Waals surface area (Å²) in [6.07, 6.45) is 2.66. The van der Waals surface area contributed by atoms with Crippen molar-refractivity contribution in [3.05, 3.63) is 0 Å². The van der Waals surface area contributed by atoms with Crippen molar-refractivity contribution in [3.63, 3.8) is 0 Å². The fourth-order valence-electron chi connectivity index (χ4n) is 1.39. The molecular weight excluding hydrogens is 212 g/mol. The predicted molar refractivity (Wildman–Crippen MR) is 64.5 cm³/mol. The number of nitrogens with zero attached hydrogens (tertiary/aromatic N) is 1. The lowest BCUT2D eigenvalue weighted by Gasteiger charge is -2.20. The fraction of sp³-hybridized carbons (Fsp3) is 1.00. The van der Waals surface area contributed by atoms with Gasteiger partial charge in [-0.1, -0.05) is 20.3 Å². The van der Waals surface area contributed by atoms with Crippen molar-refractivity contribution in [3.8, 4) is 0 Å². The maximum atomic E-state index is 11.8. The van der Waals surface area contributed by atoms with E-state index in [4.69, 9.17) is 0 Å². The van der Waals surface area contributed by atoms with E-state index in [2.05, 4.69) is 12.2 Å². The lowest BCUT2D eigenvalue weighted by molar-refractivity contribution is 0.418. The monoisotopic (exact) mass is 236 g/mol. The lowest BCUT2D eigenvalue weighted by atomic mass is 10.3. The van der Waals surface area contributed by atoms with Gasteiger partial charge in [0.25, 0.3) is 0 Å². The summed E-state index contributed by atoms with van der Waals surface area (Å²) >= 11 is 0. The SMILES string of the molecule is CCCCN(CC)S(=O)(=O)CCCNC. The molecule has 0 aromatic carbocycles. The molecule has 0 aliphatic rings. The van der Waals surface area contributed by atoms with Gasteiger partial charge in [0, 0.05) is 13.1 Å². The van der Waals surface area contributed by atoms with Gasteiger partial charge in [0.1, 0.15) is 0 Å². The summed E-state index contributed by atoms with van der Waals surface area (Å²) in [6, 6.07) is 0. The first-order chi connectivity index (χ1) is 7.08. The minimum Gasteiger partial charge on any atom is -0.320 e. The smallest absolute Gasteiger partial charge is 0.214 e. The molecule has 0 atom stereocenters. The maximum absolute atomic E-state index is 11.8. The Morgan fingerprint density at radius 2 is 1.87 bits per heavy atom. The molecular formula is C10H24N2O2S. The van der Waals surface area contributed by atoms with Crippen molar-refractivity contribution in [2.24, 2.45) is 0 Å². The van der Waals surface area contributed by atoms with Gasteiger partial charge in [-0.25, -0.2) is 12.7 Å². The average molecular weight is 236 g/mol. The Kier molecular flexibility index (Phi) is 8.00. The molecule has 0 saturated heterocycles. The van der Waals surface area contributed by atoms with Crippen molar-refractivity contribution < 1.29 is 8.42 Å². The van der Waals surface area contributed by atoms with Crippen LogP contribution < -0.4 is 5.32 Å². The fourth-order valence-corrected chi connectivity index (χ4v) is 2.96. The molecule has 0 heterocycles. The van der Waals surface area contributed by atoms with Crippen LogP contribution in [0.1, 0.15) is 33.1 Å². The number of sulfonamides is 1. The summed E-state index contributed by atoms with van der Waals surface area (Å²) in [4.78, 5) is 0. The molecule has 0 aliphatic heterocycles. The van der Waals surface area contributed by atoms with E-state index < -0.39 is 10.0 Å². The molecule has 0 aliphatic carbocycles. The van der Waals surface area contributed by atoms with E-state index in [0.29, 0.717) is 19.5 Å². The summed E-state index contributed by atoms with van der Waals surface area (Å²) in [5, 5.41) is 2.96. The van der Waals surface area contributed by atoms with Crippen molar-refractivity contribution in [2.75, 3.05) is 32.4 Å². The molecule has 0 rings (SSSR count). The van der Waals surface area contributed by atoms with E-state index in [-0.39, 0.29) is 5.75 Å². The number of nitrogens with one attached hydrogen (secondary N) is 1. The van der Waals surface area contributed by atoms with Crippen LogP contribution in [-0.2, 0) is 10.0 Å². The number of unbranched alkanes of at least 4 members (excludes halogenated alkanes) is 1. The van der Waals surface area contributed by atoms with Gasteiger partial charge in [-0.3, -0.25) is 0 Å². The van der Waals surface area contributed by atoms with Gasteiger partial charge in [-0.2, -0.15) is 0 Å². The summed E-state index contributed by atoms with van der Waals surface area (Å²) in [5.41, 5.74) is 0. The number of hydrogen-bond acceptors (Lipinski definition) is 3. The zero-order valence-electron chi connectivity index (χ0n) is 10.1. The number of hydrogen-bond donors (Lipinski definition) is 1. The highest BCUT2D eigenvalue weighted by atomic mass is 32.2. The van der Waals surface area contributed by atoms with Crippen LogP contribution in [0, 0.1) is 0 Å². The van der Waals surface area contributed by atoms with Crippen molar-refractivity contribution >= 4 is 10.0 Å². The Morgan fingerprint density at radius 3 is 2.33 bits per heavy atom. The second-order valence-electron chi connectivity index (χ2n) is 3.62. The van der Waals surface area contributed by atoms with E-state index >= 15 is 0 Å². The molecule has 15 heavy (non-hydrogen) atoms. The van der Waals surface area contributed by atoms with Gasteiger partial charge in [-0.15, -0.1) is 0 Å². The molecule has 0 bridgehead atoms. The molecule has 1 N–H and O–H groups in total. The second-order valence-corrected chi connectivity index (χ2v) is 5.71. The molecule has 0 saturated carbocycles. The Morgan fingerprint density at radius 1 is 1.20 bits per heavy atom. The molecule has 0 aromatic rings. The predicted octanol–water partition coefficient (Wildman–Crippen LogP) is 1.05. The molecule has 5 heteroatoms. The minimum absolute atomic E-state index is 0.255. The van der Waals surface area contributed by atoms with Gasteiger partial charge >= 0.3 is 0 Å². The van der Waals surface area contributed by atoms with Crippen molar-refractivity contribution in [1.29, 1.82) is 0 Å². The molecule has 0 amide bonds. The molecule has 0 radical (unpaired) electrons. The third-order valence-corrected chi connectivity index (χ3v) is 4.37. The highest BCUT2D eigenvalue weighted by Gasteiger charge is 2.18. The third-order valence-electron chi connectivity index (χ3n) is 2.34. The molecule has 4 nitrogen and oxygen atoms in total. The van der Waals surface area contributed by atoms with Gasteiger partial charge in [0.2, 0.25) is 10.0 Å². The summed E-state index contributed by atoms with van der Waals surface area (Å²) in [6.45, 7) is 5.97. The van der Waals surface area contributed by atoms with Crippen molar-refractivity contribution in [1.82, 2.24) is 9.62 Å². The van der Waals surface area contributed by atoms with Crippen LogP contribution in [0.25, 0.3) is 0 Å². The Balaban J connectivity index is 4.13. The molecule has 0 fully saturated rings. The third kappa shape index (κ3) is 6.12. The maximum Gasteiger partial charge on any atom is 0.214 e. The summed E-state index contributed by atoms with van der Waals surface area (Å²) in [5.74, 6) is 0.255. The molecule has 0 unspecified atom stereocenters. The van der Waals surface area contributed by atoms with E-state index in [1.807, 2.05) is 14.0 Å². The minimum atomic E-state index is -3.02. The Labute approximate surface area is 94.1 Å². The van der Waals surface area contributed by atoms with Crippen LogP contribution in [-0.4, -0.2) is 45.2 Å². The second kappa shape index (κ2) is 8.07. The molecule has 0 spiro atoms. The molecule has 92 valence electrons. The van der Waals surface area contributed by atoms with Gasteiger partial charge in [0.15, 0.2) is 0 Å². The molecule has 0 aromatic heterocycles. The van der Waals surface area contributed by atoms with E-state index in [1.54, 1.807) is 4.31 Å². The van der Waals surface area contributed by atoms with E-state index in [9.17, 15) is 8.42 Å². The topological polar surface area (TPSA) is 49.4 Å². The van der Waals surface area contributed by atoms with Gasteiger partial charge < -0.3 is 5.32 Å². The van der Waals surface area contributed by atoms with Crippen molar-refractivity contribution in [2.45, 2.75) is 33.1 Å². The zero-order valence-corrected chi connectivity index (χ0v) is 10.9. The highest BCUT2D eigenvalue weighted by molar-refractivity contribution is 7.89. The lowest BCUT2D eigenvalue weighted by Crippen LogP contribution is -2.34.